The van der Waals surface area contributed by atoms with Crippen molar-refractivity contribution < 1.29 is 23.1 Å². The number of ether oxygens (including phenoxy) is 1. The summed E-state index contributed by atoms with van der Waals surface area (Å²) >= 11 is 0. The molecule has 2 aromatic carbocycles. The van der Waals surface area contributed by atoms with Crippen LogP contribution in [0.4, 0.5) is 8.78 Å². The van der Waals surface area contributed by atoms with Crippen LogP contribution in [0.25, 0.3) is 5.70 Å². The van der Waals surface area contributed by atoms with Crippen LogP contribution in [0.1, 0.15) is 38.8 Å². The quantitative estimate of drug-likeness (QED) is 0.616. The van der Waals surface area contributed by atoms with Crippen molar-refractivity contribution in [2.24, 2.45) is 5.41 Å². The van der Waals surface area contributed by atoms with Gasteiger partial charge in [-0.3, -0.25) is 9.59 Å². The Labute approximate surface area is 199 Å². The number of hydrogen-bond donors (Lipinski definition) is 1. The standard InChI is InChI=1S/C26H31F2N3O3/c1-17(32)34-16-23(33)30(5)24(26(2,3)4)25-29-22(20-13-19(27)11-12-21(20)28)15-31(25)14-18-9-7-6-8-10-18/h6-13,15,24-25,29H,14,16H2,1-5H3. The van der Waals surface area contributed by atoms with Crippen molar-refractivity contribution in [2.75, 3.05) is 13.7 Å². The van der Waals surface area contributed by atoms with Gasteiger partial charge in [0.1, 0.15) is 17.8 Å². The van der Waals surface area contributed by atoms with Crippen LogP contribution in [0, 0.1) is 17.0 Å². The van der Waals surface area contributed by atoms with E-state index in [2.05, 4.69) is 5.32 Å². The summed E-state index contributed by atoms with van der Waals surface area (Å²) in [5.41, 5.74) is 1.14. The van der Waals surface area contributed by atoms with E-state index in [0.29, 0.717) is 12.2 Å². The third kappa shape index (κ3) is 5.92. The van der Waals surface area contributed by atoms with E-state index in [-0.39, 0.29) is 18.1 Å². The molecule has 0 saturated heterocycles. The normalized spacial score (nSPS) is 16.5. The topological polar surface area (TPSA) is 61.9 Å². The number of rotatable bonds is 7. The van der Waals surface area contributed by atoms with Crippen molar-refractivity contribution in [3.63, 3.8) is 0 Å². The van der Waals surface area contributed by atoms with Crippen LogP contribution in [-0.2, 0) is 20.9 Å². The molecular weight excluding hydrogens is 440 g/mol. The molecule has 3 rings (SSSR count). The number of likely N-dealkylation sites (N-methyl/N-ethyl adjacent to an activating group) is 1. The Balaban J connectivity index is 1.99. The number of carbonyl (C=O) groups excluding carboxylic acids is 2. The van der Waals surface area contributed by atoms with E-state index in [9.17, 15) is 18.4 Å². The fourth-order valence-corrected chi connectivity index (χ4v) is 4.26. The average Bonchev–Trinajstić information content (AvgIpc) is 3.16. The summed E-state index contributed by atoms with van der Waals surface area (Å²) in [6, 6.07) is 12.7. The van der Waals surface area contributed by atoms with Crippen molar-refractivity contribution in [3.8, 4) is 0 Å². The lowest BCUT2D eigenvalue weighted by Crippen LogP contribution is -2.60. The van der Waals surface area contributed by atoms with Crippen LogP contribution >= 0.6 is 0 Å². The Bertz CT molecular complexity index is 1070. The maximum absolute atomic E-state index is 14.6. The Hall–Kier alpha value is -3.42. The number of benzene rings is 2. The molecule has 0 aromatic heterocycles. The monoisotopic (exact) mass is 471 g/mol. The van der Waals surface area contributed by atoms with Gasteiger partial charge in [0.2, 0.25) is 0 Å². The summed E-state index contributed by atoms with van der Waals surface area (Å²) in [5.74, 6) is -1.99. The van der Waals surface area contributed by atoms with E-state index in [4.69, 9.17) is 4.74 Å². The molecule has 1 amide bonds. The molecule has 0 radical (unpaired) electrons. The molecule has 34 heavy (non-hydrogen) atoms. The number of esters is 1. The van der Waals surface area contributed by atoms with Gasteiger partial charge in [0.05, 0.1) is 11.7 Å². The minimum atomic E-state index is -0.549. The molecule has 0 aliphatic carbocycles. The molecule has 182 valence electrons. The number of halogens is 2. The molecule has 0 saturated carbocycles. The highest BCUT2D eigenvalue weighted by atomic mass is 19.1. The summed E-state index contributed by atoms with van der Waals surface area (Å²) in [4.78, 5) is 27.6. The van der Waals surface area contributed by atoms with Crippen LogP contribution in [0.3, 0.4) is 0 Å². The predicted octanol–water partition coefficient (Wildman–Crippen LogP) is 4.13. The van der Waals surface area contributed by atoms with Gasteiger partial charge < -0.3 is 19.9 Å². The predicted molar refractivity (Wildman–Crippen MR) is 126 cm³/mol. The van der Waals surface area contributed by atoms with Crippen molar-refractivity contribution in [1.82, 2.24) is 15.1 Å². The Morgan fingerprint density at radius 1 is 1.15 bits per heavy atom. The number of amides is 1. The van der Waals surface area contributed by atoms with E-state index in [1.807, 2.05) is 56.0 Å². The number of nitrogens with zero attached hydrogens (tertiary/aromatic N) is 2. The SMILES string of the molecule is CC(=O)OCC(=O)N(C)C(C1NC(c2cc(F)ccc2F)=CN1Cc1ccccc1)C(C)(C)C. The smallest absolute Gasteiger partial charge is 0.303 e. The molecule has 0 fully saturated rings. The summed E-state index contributed by atoms with van der Waals surface area (Å²) < 4.78 is 33.5. The van der Waals surface area contributed by atoms with Gasteiger partial charge in [-0.15, -0.1) is 0 Å². The van der Waals surface area contributed by atoms with Crippen LogP contribution < -0.4 is 5.32 Å². The molecule has 0 spiro atoms. The van der Waals surface area contributed by atoms with Gasteiger partial charge >= 0.3 is 5.97 Å². The third-order valence-electron chi connectivity index (χ3n) is 5.78. The van der Waals surface area contributed by atoms with Crippen molar-refractivity contribution in [2.45, 2.75) is 46.4 Å². The first-order chi connectivity index (χ1) is 16.0. The first-order valence-electron chi connectivity index (χ1n) is 11.1. The molecule has 1 N–H and O–H groups in total. The van der Waals surface area contributed by atoms with Gasteiger partial charge in [0.15, 0.2) is 6.61 Å². The second-order valence-corrected chi connectivity index (χ2v) is 9.51. The summed E-state index contributed by atoms with van der Waals surface area (Å²) in [7, 11) is 1.66. The van der Waals surface area contributed by atoms with Crippen molar-refractivity contribution in [1.29, 1.82) is 0 Å². The molecule has 2 unspecified atom stereocenters. The lowest BCUT2D eigenvalue weighted by atomic mass is 9.83. The average molecular weight is 472 g/mol. The van der Waals surface area contributed by atoms with Gasteiger partial charge in [-0.05, 0) is 29.2 Å². The van der Waals surface area contributed by atoms with Crippen molar-refractivity contribution >= 4 is 17.6 Å². The Kier molecular flexibility index (Phi) is 7.59. The van der Waals surface area contributed by atoms with Gasteiger partial charge in [0, 0.05) is 32.3 Å². The summed E-state index contributed by atoms with van der Waals surface area (Å²) in [6.07, 6.45) is 1.31. The molecular formula is C26H31F2N3O3. The molecule has 0 bridgehead atoms. The molecule has 2 aromatic rings. The summed E-state index contributed by atoms with van der Waals surface area (Å²) in [5, 5.41) is 3.33. The zero-order valence-corrected chi connectivity index (χ0v) is 20.1. The van der Waals surface area contributed by atoms with E-state index in [1.165, 1.54) is 6.92 Å². The Morgan fingerprint density at radius 3 is 2.44 bits per heavy atom. The van der Waals surface area contributed by atoms with E-state index < -0.39 is 35.2 Å². The summed E-state index contributed by atoms with van der Waals surface area (Å²) in [6.45, 7) is 7.35. The minimum Gasteiger partial charge on any atom is -0.456 e. The highest BCUT2D eigenvalue weighted by molar-refractivity contribution is 5.80. The Morgan fingerprint density at radius 2 is 1.82 bits per heavy atom. The van der Waals surface area contributed by atoms with Gasteiger partial charge in [-0.1, -0.05) is 51.1 Å². The molecule has 6 nitrogen and oxygen atoms in total. The lowest BCUT2D eigenvalue weighted by molar-refractivity contribution is -0.152. The van der Waals surface area contributed by atoms with E-state index in [0.717, 1.165) is 23.8 Å². The van der Waals surface area contributed by atoms with E-state index >= 15 is 0 Å². The zero-order chi connectivity index (χ0) is 25.0. The first kappa shape index (κ1) is 25.2. The zero-order valence-electron chi connectivity index (χ0n) is 20.1. The maximum atomic E-state index is 14.6. The molecule has 2 atom stereocenters. The maximum Gasteiger partial charge on any atom is 0.303 e. The van der Waals surface area contributed by atoms with Gasteiger partial charge in [0.25, 0.3) is 5.91 Å². The third-order valence-corrected chi connectivity index (χ3v) is 5.78. The van der Waals surface area contributed by atoms with Crippen LogP contribution in [0.15, 0.2) is 54.7 Å². The number of hydrogen-bond acceptors (Lipinski definition) is 5. The largest absolute Gasteiger partial charge is 0.456 e. The van der Waals surface area contributed by atoms with Gasteiger partial charge in [-0.25, -0.2) is 8.78 Å². The molecule has 1 heterocycles. The second-order valence-electron chi connectivity index (χ2n) is 9.51. The number of carbonyl (C=O) groups is 2. The van der Waals surface area contributed by atoms with Crippen LogP contribution in [0.5, 0.6) is 0 Å². The fraction of sp³-hybridized carbons (Fsp3) is 0.385. The lowest BCUT2D eigenvalue weighted by Gasteiger charge is -2.45. The van der Waals surface area contributed by atoms with E-state index in [1.54, 1.807) is 18.1 Å². The minimum absolute atomic E-state index is 0.113. The molecule has 1 aliphatic rings. The fourth-order valence-electron chi connectivity index (χ4n) is 4.26. The van der Waals surface area contributed by atoms with Crippen LogP contribution in [-0.4, -0.2) is 47.5 Å². The van der Waals surface area contributed by atoms with Crippen molar-refractivity contribution in [3.05, 3.63) is 77.5 Å². The molecule has 8 heteroatoms. The highest BCUT2D eigenvalue weighted by Gasteiger charge is 2.43. The molecule has 1 aliphatic heterocycles. The second kappa shape index (κ2) is 10.2. The van der Waals surface area contributed by atoms with Gasteiger partial charge in [-0.2, -0.15) is 0 Å². The highest BCUT2D eigenvalue weighted by Crippen LogP contribution is 2.34. The number of nitrogens with one attached hydrogen (secondary N) is 1. The first-order valence-corrected chi connectivity index (χ1v) is 11.1. The van der Waals surface area contributed by atoms with Crippen LogP contribution in [0.2, 0.25) is 0 Å².